The van der Waals surface area contributed by atoms with Gasteiger partial charge in [0.15, 0.2) is 0 Å². The quantitative estimate of drug-likeness (QED) is 0.814. The van der Waals surface area contributed by atoms with Crippen molar-refractivity contribution in [2.45, 2.75) is 63.8 Å². The first-order valence-corrected chi connectivity index (χ1v) is 8.70. The maximum absolute atomic E-state index is 13.7. The van der Waals surface area contributed by atoms with Crippen molar-refractivity contribution in [3.05, 3.63) is 35.6 Å². The third-order valence-electron chi connectivity index (χ3n) is 5.51. The van der Waals surface area contributed by atoms with Gasteiger partial charge in [-0.25, -0.2) is 4.39 Å². The van der Waals surface area contributed by atoms with Gasteiger partial charge in [-0.1, -0.05) is 44.4 Å². The summed E-state index contributed by atoms with van der Waals surface area (Å²) in [5, 5.41) is 3.68. The van der Waals surface area contributed by atoms with Gasteiger partial charge < -0.3 is 5.32 Å². The number of hydrogen-bond donors (Lipinski definition) is 1. The molecule has 0 spiro atoms. The summed E-state index contributed by atoms with van der Waals surface area (Å²) in [5.41, 5.74) is 0.914. The Morgan fingerprint density at radius 3 is 2.71 bits per heavy atom. The van der Waals surface area contributed by atoms with Crippen molar-refractivity contribution in [2.75, 3.05) is 6.54 Å². The molecule has 0 heterocycles. The van der Waals surface area contributed by atoms with Crippen LogP contribution in [0.4, 0.5) is 4.39 Å². The van der Waals surface area contributed by atoms with E-state index in [1.165, 1.54) is 32.1 Å². The molecule has 21 heavy (non-hydrogen) atoms. The van der Waals surface area contributed by atoms with Gasteiger partial charge in [0, 0.05) is 6.04 Å². The second-order valence-corrected chi connectivity index (χ2v) is 7.27. The van der Waals surface area contributed by atoms with Crippen LogP contribution in [0.25, 0.3) is 0 Å². The van der Waals surface area contributed by atoms with E-state index >= 15 is 0 Å². The van der Waals surface area contributed by atoms with E-state index in [0.29, 0.717) is 12.0 Å². The molecule has 0 bridgehead atoms. The molecule has 1 aromatic rings. The number of rotatable bonds is 5. The molecule has 2 heteroatoms. The van der Waals surface area contributed by atoms with Gasteiger partial charge in [0.25, 0.3) is 0 Å². The summed E-state index contributed by atoms with van der Waals surface area (Å²) in [5.74, 6) is 2.26. The monoisotopic (exact) mass is 289 g/mol. The minimum absolute atomic E-state index is 0.0304. The number of benzene rings is 1. The minimum Gasteiger partial charge on any atom is -0.314 e. The van der Waals surface area contributed by atoms with E-state index in [1.807, 2.05) is 12.1 Å². The fraction of sp³-hybridized carbons (Fsp3) is 0.684. The van der Waals surface area contributed by atoms with Crippen LogP contribution in [0.5, 0.6) is 0 Å². The lowest BCUT2D eigenvalue weighted by molar-refractivity contribution is 0.244. The average Bonchev–Trinajstić information content (AvgIpc) is 2.43. The molecule has 2 fully saturated rings. The van der Waals surface area contributed by atoms with E-state index in [1.54, 1.807) is 12.1 Å². The number of nitrogens with one attached hydrogen (secondary N) is 1. The Bertz CT molecular complexity index is 453. The largest absolute Gasteiger partial charge is 0.314 e. The molecular formula is C19H28FN. The fourth-order valence-electron chi connectivity index (χ4n) is 4.16. The van der Waals surface area contributed by atoms with Gasteiger partial charge in [-0.15, -0.1) is 0 Å². The molecule has 2 atom stereocenters. The Balaban J connectivity index is 1.35. The van der Waals surface area contributed by atoms with E-state index in [2.05, 4.69) is 12.2 Å². The highest BCUT2D eigenvalue weighted by molar-refractivity contribution is 5.24. The smallest absolute Gasteiger partial charge is 0.126 e. The van der Waals surface area contributed by atoms with Crippen molar-refractivity contribution in [1.82, 2.24) is 5.32 Å². The van der Waals surface area contributed by atoms with Crippen LogP contribution in [0.3, 0.4) is 0 Å². The van der Waals surface area contributed by atoms with E-state index in [4.69, 9.17) is 0 Å². The van der Waals surface area contributed by atoms with Crippen molar-refractivity contribution >= 4 is 0 Å². The second kappa shape index (κ2) is 6.91. The van der Waals surface area contributed by atoms with E-state index in [0.717, 1.165) is 36.8 Å². The van der Waals surface area contributed by atoms with Crippen molar-refractivity contribution in [3.63, 3.8) is 0 Å². The second-order valence-electron chi connectivity index (χ2n) is 7.27. The van der Waals surface area contributed by atoms with Crippen LogP contribution in [-0.4, -0.2) is 12.6 Å². The predicted molar refractivity (Wildman–Crippen MR) is 85.9 cm³/mol. The summed E-state index contributed by atoms with van der Waals surface area (Å²) >= 11 is 0. The topological polar surface area (TPSA) is 12.0 Å². The van der Waals surface area contributed by atoms with Gasteiger partial charge in [0.05, 0.1) is 0 Å². The van der Waals surface area contributed by atoms with Gasteiger partial charge >= 0.3 is 0 Å². The van der Waals surface area contributed by atoms with Crippen molar-refractivity contribution in [3.8, 4) is 0 Å². The lowest BCUT2D eigenvalue weighted by atomic mass is 9.75. The highest BCUT2D eigenvalue weighted by Crippen LogP contribution is 2.38. The van der Waals surface area contributed by atoms with Crippen LogP contribution in [0.1, 0.15) is 63.4 Å². The third kappa shape index (κ3) is 3.85. The van der Waals surface area contributed by atoms with Gasteiger partial charge in [0.2, 0.25) is 0 Å². The first kappa shape index (κ1) is 15.0. The summed E-state index contributed by atoms with van der Waals surface area (Å²) in [6.07, 6.45) is 9.22. The van der Waals surface area contributed by atoms with Gasteiger partial charge in [-0.3, -0.25) is 0 Å². The molecule has 2 aliphatic rings. The zero-order valence-electron chi connectivity index (χ0n) is 13.2. The third-order valence-corrected chi connectivity index (χ3v) is 5.51. The highest BCUT2D eigenvalue weighted by atomic mass is 19.1. The van der Waals surface area contributed by atoms with E-state index in [9.17, 15) is 4.39 Å². The number of halogens is 1. The van der Waals surface area contributed by atoms with Crippen LogP contribution in [0, 0.1) is 17.7 Å². The molecule has 116 valence electrons. The average molecular weight is 289 g/mol. The molecule has 1 N–H and O–H groups in total. The molecule has 0 aliphatic heterocycles. The molecular weight excluding hydrogens is 261 g/mol. The Kier molecular flexibility index (Phi) is 4.95. The normalized spacial score (nSPS) is 32.7. The lowest BCUT2D eigenvalue weighted by Crippen LogP contribution is -2.41. The molecule has 2 saturated carbocycles. The fourth-order valence-corrected chi connectivity index (χ4v) is 4.16. The zero-order chi connectivity index (χ0) is 14.7. The Morgan fingerprint density at radius 1 is 1.14 bits per heavy atom. The van der Waals surface area contributed by atoms with Crippen molar-refractivity contribution < 1.29 is 4.39 Å². The molecule has 0 aromatic heterocycles. The Morgan fingerprint density at radius 2 is 1.95 bits per heavy atom. The standard InChI is InChI=1S/C19H28FN/c1-14-5-4-6-15(11-14)9-10-21-17-12-16(13-17)18-7-2-3-8-19(18)20/h2-3,7-8,14-17,21H,4-6,9-13H2,1H3. The Labute approximate surface area is 128 Å². The molecule has 2 unspecified atom stereocenters. The van der Waals surface area contributed by atoms with Gasteiger partial charge in [-0.05, 0) is 61.6 Å². The van der Waals surface area contributed by atoms with E-state index in [-0.39, 0.29) is 5.82 Å². The summed E-state index contributed by atoms with van der Waals surface area (Å²) in [4.78, 5) is 0. The molecule has 0 saturated heterocycles. The van der Waals surface area contributed by atoms with E-state index < -0.39 is 0 Å². The molecule has 1 nitrogen and oxygen atoms in total. The minimum atomic E-state index is -0.0304. The summed E-state index contributed by atoms with van der Waals surface area (Å²) < 4.78 is 13.7. The SMILES string of the molecule is CC1CCCC(CCNC2CC(c3ccccc3F)C2)C1. The lowest BCUT2D eigenvalue weighted by Gasteiger charge is -2.37. The zero-order valence-corrected chi connectivity index (χ0v) is 13.2. The highest BCUT2D eigenvalue weighted by Gasteiger charge is 2.31. The molecule has 2 aliphatic carbocycles. The van der Waals surface area contributed by atoms with Gasteiger partial charge in [-0.2, -0.15) is 0 Å². The number of hydrogen-bond acceptors (Lipinski definition) is 1. The molecule has 3 rings (SSSR count). The molecule has 0 amide bonds. The molecule has 0 radical (unpaired) electrons. The summed E-state index contributed by atoms with van der Waals surface area (Å²) in [6, 6.07) is 7.86. The summed E-state index contributed by atoms with van der Waals surface area (Å²) in [7, 11) is 0. The predicted octanol–water partition coefficient (Wildman–Crippen LogP) is 4.88. The maximum atomic E-state index is 13.7. The Hall–Kier alpha value is -0.890. The summed E-state index contributed by atoms with van der Waals surface area (Å²) in [6.45, 7) is 3.54. The van der Waals surface area contributed by atoms with Gasteiger partial charge in [0.1, 0.15) is 5.82 Å². The van der Waals surface area contributed by atoms with Crippen molar-refractivity contribution in [1.29, 1.82) is 0 Å². The van der Waals surface area contributed by atoms with Crippen molar-refractivity contribution in [2.24, 2.45) is 11.8 Å². The van der Waals surface area contributed by atoms with Crippen LogP contribution in [0.15, 0.2) is 24.3 Å². The first-order chi connectivity index (χ1) is 10.2. The molecule has 1 aromatic carbocycles. The maximum Gasteiger partial charge on any atom is 0.126 e. The van der Waals surface area contributed by atoms with Crippen LogP contribution >= 0.6 is 0 Å². The van der Waals surface area contributed by atoms with Crippen LogP contribution in [0.2, 0.25) is 0 Å². The first-order valence-electron chi connectivity index (χ1n) is 8.70. The van der Waals surface area contributed by atoms with Crippen LogP contribution < -0.4 is 5.32 Å². The van der Waals surface area contributed by atoms with Crippen LogP contribution in [-0.2, 0) is 0 Å².